The molecule has 0 aliphatic rings. The van der Waals surface area contributed by atoms with Gasteiger partial charge < -0.3 is 9.15 Å². The molecular weight excluding hydrogens is 290 g/mol. The molecule has 0 saturated carbocycles. The maximum absolute atomic E-state index is 11.5. The number of rotatable bonds is 5. The van der Waals surface area contributed by atoms with Gasteiger partial charge in [0.2, 0.25) is 0 Å². The molecule has 5 nitrogen and oxygen atoms in total. The molecule has 0 bridgehead atoms. The summed E-state index contributed by atoms with van der Waals surface area (Å²) >= 11 is 1.68. The molecule has 2 aromatic rings. The van der Waals surface area contributed by atoms with Gasteiger partial charge in [0.25, 0.3) is 0 Å². The SMILES string of the molecule is COC(=O)C(C)C(C)SCc1ccc2oc(=O)n(C)c2c1. The van der Waals surface area contributed by atoms with Crippen molar-refractivity contribution in [1.82, 2.24) is 4.57 Å². The Morgan fingerprint density at radius 1 is 1.43 bits per heavy atom. The highest BCUT2D eigenvalue weighted by Gasteiger charge is 2.21. The zero-order valence-corrected chi connectivity index (χ0v) is 13.4. The monoisotopic (exact) mass is 309 g/mol. The van der Waals surface area contributed by atoms with Crippen LogP contribution in [0.1, 0.15) is 19.4 Å². The Bertz CT molecular complexity index is 703. The van der Waals surface area contributed by atoms with Gasteiger partial charge in [-0.2, -0.15) is 11.8 Å². The number of hydrogen-bond acceptors (Lipinski definition) is 5. The zero-order valence-electron chi connectivity index (χ0n) is 12.6. The van der Waals surface area contributed by atoms with E-state index < -0.39 is 0 Å². The van der Waals surface area contributed by atoms with Crippen LogP contribution in [0.15, 0.2) is 27.4 Å². The summed E-state index contributed by atoms with van der Waals surface area (Å²) in [4.78, 5) is 23.0. The molecule has 1 aromatic heterocycles. The van der Waals surface area contributed by atoms with E-state index in [0.717, 1.165) is 16.8 Å². The highest BCUT2D eigenvalue weighted by Crippen LogP contribution is 2.25. The van der Waals surface area contributed by atoms with Crippen molar-refractivity contribution in [3.63, 3.8) is 0 Å². The number of esters is 1. The van der Waals surface area contributed by atoms with Crippen LogP contribution in [-0.2, 0) is 22.3 Å². The number of carbonyl (C=O) groups is 1. The van der Waals surface area contributed by atoms with E-state index in [9.17, 15) is 9.59 Å². The lowest BCUT2D eigenvalue weighted by molar-refractivity contribution is -0.144. The van der Waals surface area contributed by atoms with Gasteiger partial charge in [0.1, 0.15) is 0 Å². The fourth-order valence-electron chi connectivity index (χ4n) is 2.01. The lowest BCUT2D eigenvalue weighted by Crippen LogP contribution is -2.22. The molecule has 1 heterocycles. The normalized spacial score (nSPS) is 14.1. The quantitative estimate of drug-likeness (QED) is 0.794. The van der Waals surface area contributed by atoms with E-state index in [-0.39, 0.29) is 22.9 Å². The third kappa shape index (κ3) is 3.32. The van der Waals surface area contributed by atoms with Crippen molar-refractivity contribution in [1.29, 1.82) is 0 Å². The van der Waals surface area contributed by atoms with Gasteiger partial charge in [-0.05, 0) is 17.7 Å². The van der Waals surface area contributed by atoms with Crippen molar-refractivity contribution in [3.05, 3.63) is 34.3 Å². The van der Waals surface area contributed by atoms with Crippen LogP contribution in [0.2, 0.25) is 0 Å². The molecular formula is C15H19NO4S. The van der Waals surface area contributed by atoms with Crippen LogP contribution in [0.4, 0.5) is 0 Å². The average molecular weight is 309 g/mol. The van der Waals surface area contributed by atoms with Gasteiger partial charge in [-0.15, -0.1) is 0 Å². The summed E-state index contributed by atoms with van der Waals surface area (Å²) in [6.07, 6.45) is 0. The van der Waals surface area contributed by atoms with Crippen LogP contribution in [0.25, 0.3) is 11.1 Å². The molecule has 2 unspecified atom stereocenters. The Kier molecular flexibility index (Phi) is 4.77. The molecule has 2 rings (SSSR count). The van der Waals surface area contributed by atoms with Gasteiger partial charge in [-0.25, -0.2) is 4.79 Å². The number of hydrogen-bond donors (Lipinski definition) is 0. The number of aryl methyl sites for hydroxylation is 1. The van der Waals surface area contributed by atoms with Gasteiger partial charge in [-0.1, -0.05) is 19.9 Å². The minimum absolute atomic E-state index is 0.151. The number of carbonyl (C=O) groups excluding carboxylic acids is 1. The van der Waals surface area contributed by atoms with Gasteiger partial charge in [0, 0.05) is 18.1 Å². The van der Waals surface area contributed by atoms with E-state index in [4.69, 9.17) is 9.15 Å². The van der Waals surface area contributed by atoms with Crippen LogP contribution in [0.5, 0.6) is 0 Å². The molecule has 21 heavy (non-hydrogen) atoms. The Morgan fingerprint density at radius 2 is 2.14 bits per heavy atom. The largest absolute Gasteiger partial charge is 0.469 e. The Morgan fingerprint density at radius 3 is 2.81 bits per heavy atom. The van der Waals surface area contributed by atoms with E-state index in [1.54, 1.807) is 24.9 Å². The predicted molar refractivity (Wildman–Crippen MR) is 83.4 cm³/mol. The highest BCUT2D eigenvalue weighted by molar-refractivity contribution is 7.99. The molecule has 0 radical (unpaired) electrons. The number of ether oxygens (including phenoxy) is 1. The summed E-state index contributed by atoms with van der Waals surface area (Å²) in [6, 6.07) is 5.69. The van der Waals surface area contributed by atoms with E-state index in [1.807, 2.05) is 26.0 Å². The maximum Gasteiger partial charge on any atom is 0.419 e. The number of nitrogens with zero attached hydrogens (tertiary/aromatic N) is 1. The standard InChI is InChI=1S/C15H19NO4S/c1-9(14(17)19-4)10(2)21-8-11-5-6-13-12(7-11)16(3)15(18)20-13/h5-7,9-10H,8H2,1-4H3. The zero-order chi connectivity index (χ0) is 15.6. The van der Waals surface area contributed by atoms with Gasteiger partial charge in [0.15, 0.2) is 5.58 Å². The van der Waals surface area contributed by atoms with E-state index in [2.05, 4.69) is 0 Å². The molecule has 2 atom stereocenters. The molecule has 0 saturated heterocycles. The summed E-state index contributed by atoms with van der Waals surface area (Å²) < 4.78 is 11.4. The lowest BCUT2D eigenvalue weighted by atomic mass is 10.1. The Balaban J connectivity index is 2.08. The number of methoxy groups -OCH3 is 1. The molecule has 0 amide bonds. The van der Waals surface area contributed by atoms with Crippen LogP contribution >= 0.6 is 11.8 Å². The van der Waals surface area contributed by atoms with E-state index >= 15 is 0 Å². The minimum atomic E-state index is -0.359. The topological polar surface area (TPSA) is 61.4 Å². The van der Waals surface area contributed by atoms with Crippen LogP contribution in [0, 0.1) is 5.92 Å². The van der Waals surface area contributed by atoms with E-state index in [0.29, 0.717) is 5.58 Å². The predicted octanol–water partition coefficient (Wildman–Crippen LogP) is 2.56. The molecule has 0 spiro atoms. The molecule has 6 heteroatoms. The van der Waals surface area contributed by atoms with Gasteiger partial charge in [-0.3, -0.25) is 9.36 Å². The van der Waals surface area contributed by atoms with Crippen molar-refractivity contribution >= 4 is 28.8 Å². The fourth-order valence-corrected chi connectivity index (χ4v) is 3.05. The summed E-state index contributed by atoms with van der Waals surface area (Å²) in [6.45, 7) is 3.88. The maximum atomic E-state index is 11.5. The smallest absolute Gasteiger partial charge is 0.419 e. The summed E-state index contributed by atoms with van der Waals surface area (Å²) in [7, 11) is 3.09. The first kappa shape index (κ1) is 15.7. The molecule has 0 aliphatic heterocycles. The van der Waals surface area contributed by atoms with Crippen molar-refractivity contribution in [2.24, 2.45) is 13.0 Å². The first-order valence-corrected chi connectivity index (χ1v) is 7.76. The van der Waals surface area contributed by atoms with Gasteiger partial charge in [0.05, 0.1) is 18.5 Å². The number of benzene rings is 1. The Labute approximate surface area is 127 Å². The number of oxazole rings is 1. The Hall–Kier alpha value is -1.69. The number of thioether (sulfide) groups is 1. The fraction of sp³-hybridized carbons (Fsp3) is 0.467. The lowest BCUT2D eigenvalue weighted by Gasteiger charge is -2.17. The highest BCUT2D eigenvalue weighted by atomic mass is 32.2. The molecule has 0 N–H and O–H groups in total. The molecule has 0 aliphatic carbocycles. The van der Waals surface area contributed by atoms with Crippen molar-refractivity contribution < 1.29 is 13.9 Å². The first-order valence-electron chi connectivity index (χ1n) is 6.72. The first-order chi connectivity index (χ1) is 9.93. The van der Waals surface area contributed by atoms with Crippen molar-refractivity contribution in [3.8, 4) is 0 Å². The van der Waals surface area contributed by atoms with Crippen LogP contribution < -0.4 is 5.76 Å². The summed E-state index contributed by atoms with van der Waals surface area (Å²) in [5.74, 6) is 0.0600. The second kappa shape index (κ2) is 6.39. The molecule has 1 aromatic carbocycles. The summed E-state index contributed by atoms with van der Waals surface area (Å²) in [5.41, 5.74) is 2.46. The van der Waals surface area contributed by atoms with Crippen LogP contribution in [-0.4, -0.2) is 22.9 Å². The average Bonchev–Trinajstić information content (AvgIpc) is 2.78. The van der Waals surface area contributed by atoms with Gasteiger partial charge >= 0.3 is 11.7 Å². The number of fused-ring (bicyclic) bond motifs is 1. The minimum Gasteiger partial charge on any atom is -0.469 e. The van der Waals surface area contributed by atoms with E-state index in [1.165, 1.54) is 11.7 Å². The van der Waals surface area contributed by atoms with Crippen LogP contribution in [0.3, 0.4) is 0 Å². The molecule has 114 valence electrons. The third-order valence-electron chi connectivity index (χ3n) is 3.65. The molecule has 0 fully saturated rings. The van der Waals surface area contributed by atoms with Crippen molar-refractivity contribution in [2.75, 3.05) is 7.11 Å². The second-order valence-corrected chi connectivity index (χ2v) is 6.42. The third-order valence-corrected chi connectivity index (χ3v) is 5.08. The summed E-state index contributed by atoms with van der Waals surface area (Å²) in [5, 5.41) is 0.154. The second-order valence-electron chi connectivity index (χ2n) is 5.06. The number of aromatic nitrogens is 1. The van der Waals surface area contributed by atoms with Crippen molar-refractivity contribution in [2.45, 2.75) is 24.9 Å².